The number of pyridine rings is 1. The summed E-state index contributed by atoms with van der Waals surface area (Å²) < 4.78 is 44.1. The van der Waals surface area contributed by atoms with Crippen LogP contribution in [0.1, 0.15) is 24.9 Å². The van der Waals surface area contributed by atoms with Gasteiger partial charge in [-0.05, 0) is 24.3 Å². The molecule has 2 heterocycles. The maximum Gasteiger partial charge on any atom is 0.314 e. The number of para-hydroxylation sites is 1. The molecule has 136 valence electrons. The quantitative estimate of drug-likeness (QED) is 0.626. The molecule has 0 amide bonds. The van der Waals surface area contributed by atoms with Gasteiger partial charge in [-0.3, -0.25) is 9.29 Å². The fourth-order valence-electron chi connectivity index (χ4n) is 2.26. The van der Waals surface area contributed by atoms with Crippen molar-refractivity contribution >= 4 is 16.7 Å². The number of rotatable bonds is 7. The van der Waals surface area contributed by atoms with E-state index in [0.29, 0.717) is 23.6 Å². The van der Waals surface area contributed by atoms with Crippen LogP contribution in [0.25, 0.3) is 11.5 Å². The number of hydrogen-bond donors (Lipinski definition) is 0. The van der Waals surface area contributed by atoms with Gasteiger partial charge in [-0.2, -0.15) is 8.78 Å². The minimum absolute atomic E-state index is 0.0172. The van der Waals surface area contributed by atoms with Crippen LogP contribution in [0.2, 0.25) is 0 Å². The zero-order chi connectivity index (χ0) is 18.5. The Kier molecular flexibility index (Phi) is 5.67. The second-order valence-electron chi connectivity index (χ2n) is 5.27. The van der Waals surface area contributed by atoms with E-state index in [4.69, 9.17) is 4.42 Å². The number of halogens is 2. The highest BCUT2D eigenvalue weighted by Crippen LogP contribution is 2.23. The highest BCUT2D eigenvalue weighted by Gasteiger charge is 2.18. The van der Waals surface area contributed by atoms with Gasteiger partial charge in [0.25, 0.3) is 5.89 Å². The molecule has 0 spiro atoms. The molecule has 0 saturated heterocycles. The summed E-state index contributed by atoms with van der Waals surface area (Å²) in [4.78, 5) is 4.30. The van der Waals surface area contributed by atoms with Crippen LogP contribution < -0.4 is 4.31 Å². The maximum absolute atomic E-state index is 12.5. The van der Waals surface area contributed by atoms with Gasteiger partial charge in [0, 0.05) is 17.6 Å². The van der Waals surface area contributed by atoms with Crippen molar-refractivity contribution in [2.75, 3.05) is 10.1 Å². The predicted molar refractivity (Wildman–Crippen MR) is 93.8 cm³/mol. The van der Waals surface area contributed by atoms with E-state index < -0.39 is 23.3 Å². The van der Waals surface area contributed by atoms with Crippen molar-refractivity contribution in [3.8, 4) is 11.5 Å². The van der Waals surface area contributed by atoms with Crippen molar-refractivity contribution in [3.05, 3.63) is 60.2 Å². The first-order valence-corrected chi connectivity index (χ1v) is 9.14. The highest BCUT2D eigenvalue weighted by atomic mass is 32.2. The SMILES string of the molecule is CCS(=O)N(Cc1ccc(-c2nnc(C(F)F)o2)cn1)c1ccccc1. The van der Waals surface area contributed by atoms with Gasteiger partial charge in [-0.15, -0.1) is 10.2 Å². The first kappa shape index (κ1) is 18.1. The second-order valence-corrected chi connectivity index (χ2v) is 6.93. The van der Waals surface area contributed by atoms with Crippen molar-refractivity contribution in [2.24, 2.45) is 0 Å². The summed E-state index contributed by atoms with van der Waals surface area (Å²) >= 11 is 0. The van der Waals surface area contributed by atoms with E-state index in [1.165, 1.54) is 6.20 Å². The van der Waals surface area contributed by atoms with Crippen molar-refractivity contribution < 1.29 is 17.4 Å². The molecule has 0 saturated carbocycles. The first-order chi connectivity index (χ1) is 12.6. The van der Waals surface area contributed by atoms with Gasteiger partial charge in [-0.25, -0.2) is 4.21 Å². The van der Waals surface area contributed by atoms with Crippen LogP contribution in [-0.2, 0) is 17.5 Å². The van der Waals surface area contributed by atoms with Gasteiger partial charge in [0.1, 0.15) is 11.0 Å². The Bertz CT molecular complexity index is 872. The fraction of sp³-hybridized carbons (Fsp3) is 0.235. The van der Waals surface area contributed by atoms with Crippen LogP contribution in [0.3, 0.4) is 0 Å². The summed E-state index contributed by atoms with van der Waals surface area (Å²) in [7, 11) is -1.19. The Morgan fingerprint density at radius 3 is 2.50 bits per heavy atom. The van der Waals surface area contributed by atoms with Crippen molar-refractivity contribution in [1.82, 2.24) is 15.2 Å². The Balaban J connectivity index is 1.79. The van der Waals surface area contributed by atoms with Crippen LogP contribution >= 0.6 is 0 Å². The third-order valence-corrected chi connectivity index (χ3v) is 4.87. The van der Waals surface area contributed by atoms with E-state index in [1.807, 2.05) is 37.3 Å². The van der Waals surface area contributed by atoms with Crippen LogP contribution in [0.15, 0.2) is 53.1 Å². The number of nitrogens with zero attached hydrogens (tertiary/aromatic N) is 4. The fourth-order valence-corrected chi connectivity index (χ4v) is 3.21. The summed E-state index contributed by atoms with van der Waals surface area (Å²) in [6.07, 6.45) is -1.34. The molecule has 26 heavy (non-hydrogen) atoms. The largest absolute Gasteiger partial charge is 0.415 e. The molecule has 0 aliphatic rings. The van der Waals surface area contributed by atoms with Gasteiger partial charge in [0.15, 0.2) is 0 Å². The van der Waals surface area contributed by atoms with Gasteiger partial charge in [0.2, 0.25) is 5.89 Å². The lowest BCUT2D eigenvalue weighted by Gasteiger charge is -2.22. The molecule has 0 aliphatic heterocycles. The van der Waals surface area contributed by atoms with Gasteiger partial charge in [0.05, 0.1) is 17.8 Å². The summed E-state index contributed by atoms with van der Waals surface area (Å²) in [5.74, 6) is -0.264. The second kappa shape index (κ2) is 8.13. The molecule has 3 aromatic rings. The molecular weight excluding hydrogens is 362 g/mol. The van der Waals surface area contributed by atoms with Gasteiger partial charge >= 0.3 is 6.43 Å². The molecule has 0 radical (unpaired) electrons. The number of aromatic nitrogens is 3. The molecule has 0 fully saturated rings. The molecule has 1 unspecified atom stereocenters. The van der Waals surface area contributed by atoms with Crippen LogP contribution in [0, 0.1) is 0 Å². The van der Waals surface area contributed by atoms with Crippen molar-refractivity contribution in [2.45, 2.75) is 19.9 Å². The molecule has 1 atom stereocenters. The standard InChI is InChI=1S/C17H16F2N4O2S/c1-2-26(24)23(14-6-4-3-5-7-14)11-13-9-8-12(10-20-13)16-21-22-17(25-16)15(18)19/h3-10,15H,2,11H2,1H3. The lowest BCUT2D eigenvalue weighted by molar-refractivity contribution is 0.116. The normalized spacial score (nSPS) is 12.3. The van der Waals surface area contributed by atoms with Gasteiger partial charge in [-0.1, -0.05) is 25.1 Å². The summed E-state index contributed by atoms with van der Waals surface area (Å²) in [6, 6.07) is 12.8. The maximum atomic E-state index is 12.5. The molecule has 0 aliphatic carbocycles. The number of benzene rings is 1. The topological polar surface area (TPSA) is 72.1 Å². The summed E-state index contributed by atoms with van der Waals surface area (Å²) in [5, 5.41) is 6.89. The van der Waals surface area contributed by atoms with E-state index in [1.54, 1.807) is 16.4 Å². The third-order valence-electron chi connectivity index (χ3n) is 3.54. The summed E-state index contributed by atoms with van der Waals surface area (Å²) in [6.45, 7) is 2.19. The number of anilines is 1. The van der Waals surface area contributed by atoms with E-state index >= 15 is 0 Å². The molecule has 2 aromatic heterocycles. The molecular formula is C17H16F2N4O2S. The Morgan fingerprint density at radius 2 is 1.92 bits per heavy atom. The average Bonchev–Trinajstić information content (AvgIpc) is 3.17. The van der Waals surface area contributed by atoms with E-state index in [0.717, 1.165) is 5.69 Å². The molecule has 9 heteroatoms. The highest BCUT2D eigenvalue weighted by molar-refractivity contribution is 7.86. The lowest BCUT2D eigenvalue weighted by atomic mass is 10.2. The minimum Gasteiger partial charge on any atom is -0.415 e. The Morgan fingerprint density at radius 1 is 1.15 bits per heavy atom. The Labute approximate surface area is 151 Å². The predicted octanol–water partition coefficient (Wildman–Crippen LogP) is 3.76. The molecule has 3 rings (SSSR count). The zero-order valence-corrected chi connectivity index (χ0v) is 14.7. The summed E-state index contributed by atoms with van der Waals surface area (Å²) in [5.41, 5.74) is 1.95. The van der Waals surface area contributed by atoms with Crippen LogP contribution in [-0.4, -0.2) is 25.1 Å². The molecule has 1 aromatic carbocycles. The minimum atomic E-state index is -2.81. The van der Waals surface area contributed by atoms with Gasteiger partial charge < -0.3 is 4.42 Å². The molecule has 0 bridgehead atoms. The van der Waals surface area contributed by atoms with Crippen molar-refractivity contribution in [1.29, 1.82) is 0 Å². The van der Waals surface area contributed by atoms with Crippen LogP contribution in [0.5, 0.6) is 0 Å². The van der Waals surface area contributed by atoms with Crippen LogP contribution in [0.4, 0.5) is 14.5 Å². The molecule has 0 N–H and O–H groups in total. The smallest absolute Gasteiger partial charge is 0.314 e. The van der Waals surface area contributed by atoms with Crippen molar-refractivity contribution in [3.63, 3.8) is 0 Å². The zero-order valence-electron chi connectivity index (χ0n) is 13.9. The third kappa shape index (κ3) is 4.10. The average molecular weight is 378 g/mol. The van der Waals surface area contributed by atoms with E-state index in [9.17, 15) is 13.0 Å². The monoisotopic (exact) mass is 378 g/mol. The van der Waals surface area contributed by atoms with E-state index in [2.05, 4.69) is 15.2 Å². The number of alkyl halides is 2. The number of hydrogen-bond acceptors (Lipinski definition) is 5. The first-order valence-electron chi connectivity index (χ1n) is 7.86. The van der Waals surface area contributed by atoms with E-state index in [-0.39, 0.29) is 5.89 Å². The molecule has 6 nitrogen and oxygen atoms in total. The lowest BCUT2D eigenvalue weighted by Crippen LogP contribution is -2.26. The Hall–Kier alpha value is -2.68.